The van der Waals surface area contributed by atoms with Gasteiger partial charge in [-0.25, -0.2) is 0 Å². The first kappa shape index (κ1) is 11.0. The first-order valence-electron chi connectivity index (χ1n) is 5.21. The fourth-order valence-corrected chi connectivity index (χ4v) is 1.78. The maximum atomic E-state index is 3.96. The molecule has 2 rings (SSSR count). The van der Waals surface area contributed by atoms with E-state index in [1.54, 1.807) is 0 Å². The first-order chi connectivity index (χ1) is 7.95. The number of nitrogens with one attached hydrogen (secondary N) is 2. The molecule has 0 amide bonds. The topological polar surface area (TPSA) is 49.8 Å². The van der Waals surface area contributed by atoms with Crippen LogP contribution >= 0.6 is 11.5 Å². The van der Waals surface area contributed by atoms with Gasteiger partial charge in [0.05, 0.1) is 5.69 Å². The highest BCUT2D eigenvalue weighted by atomic mass is 32.1. The van der Waals surface area contributed by atoms with E-state index in [9.17, 15) is 0 Å². The summed E-state index contributed by atoms with van der Waals surface area (Å²) in [7, 11) is 0. The Morgan fingerprint density at radius 2 is 2.00 bits per heavy atom. The van der Waals surface area contributed by atoms with Gasteiger partial charge in [-0.2, -0.15) is 0 Å². The predicted molar refractivity (Wildman–Crippen MR) is 66.5 cm³/mol. The standard InChI is InChI=1S/C11H14N4S/c1-2-4-10(5-3-1)13-7-6-12-8-11-9-16-15-14-11/h1-5,9,12-13H,6-8H2. The van der Waals surface area contributed by atoms with E-state index in [0.717, 1.165) is 31.0 Å². The molecule has 0 aliphatic rings. The lowest BCUT2D eigenvalue weighted by atomic mass is 10.3. The molecule has 0 spiro atoms. The molecule has 2 aromatic rings. The third kappa shape index (κ3) is 3.60. The third-order valence-electron chi connectivity index (χ3n) is 2.12. The van der Waals surface area contributed by atoms with E-state index in [2.05, 4.69) is 32.4 Å². The van der Waals surface area contributed by atoms with Crippen LogP contribution in [0.25, 0.3) is 0 Å². The molecule has 0 saturated carbocycles. The van der Waals surface area contributed by atoms with Crippen molar-refractivity contribution in [1.29, 1.82) is 0 Å². The number of rotatable bonds is 6. The van der Waals surface area contributed by atoms with Crippen LogP contribution in [-0.2, 0) is 6.54 Å². The Morgan fingerprint density at radius 1 is 1.12 bits per heavy atom. The van der Waals surface area contributed by atoms with E-state index in [0.29, 0.717) is 0 Å². The van der Waals surface area contributed by atoms with Gasteiger partial charge in [0, 0.05) is 30.7 Å². The SMILES string of the molecule is c1ccc(NCCNCc2csnn2)cc1. The third-order valence-corrected chi connectivity index (χ3v) is 2.67. The van der Waals surface area contributed by atoms with Crippen LogP contribution in [0.5, 0.6) is 0 Å². The van der Waals surface area contributed by atoms with E-state index in [-0.39, 0.29) is 0 Å². The Labute approximate surface area is 98.9 Å². The molecule has 4 nitrogen and oxygen atoms in total. The summed E-state index contributed by atoms with van der Waals surface area (Å²) >= 11 is 1.38. The zero-order valence-electron chi connectivity index (χ0n) is 8.89. The normalized spacial score (nSPS) is 10.2. The van der Waals surface area contributed by atoms with Crippen molar-refractivity contribution in [3.05, 3.63) is 41.4 Å². The second-order valence-electron chi connectivity index (χ2n) is 3.37. The molecule has 1 heterocycles. The predicted octanol–water partition coefficient (Wildman–Crippen LogP) is 1.74. The van der Waals surface area contributed by atoms with Crippen molar-refractivity contribution in [3.63, 3.8) is 0 Å². The zero-order valence-corrected chi connectivity index (χ0v) is 9.70. The number of anilines is 1. The van der Waals surface area contributed by atoms with Crippen molar-refractivity contribution in [2.24, 2.45) is 0 Å². The monoisotopic (exact) mass is 234 g/mol. The van der Waals surface area contributed by atoms with Gasteiger partial charge in [-0.15, -0.1) is 5.10 Å². The molecule has 0 aliphatic heterocycles. The van der Waals surface area contributed by atoms with Gasteiger partial charge in [-0.05, 0) is 23.7 Å². The van der Waals surface area contributed by atoms with E-state index in [1.165, 1.54) is 11.5 Å². The molecule has 0 unspecified atom stereocenters. The second-order valence-corrected chi connectivity index (χ2v) is 3.98. The first-order valence-corrected chi connectivity index (χ1v) is 6.04. The molecule has 0 aliphatic carbocycles. The van der Waals surface area contributed by atoms with Crippen LogP contribution < -0.4 is 10.6 Å². The summed E-state index contributed by atoms with van der Waals surface area (Å²) < 4.78 is 3.80. The zero-order chi connectivity index (χ0) is 11.1. The fraction of sp³-hybridized carbons (Fsp3) is 0.273. The Balaban J connectivity index is 1.59. The van der Waals surface area contributed by atoms with Crippen molar-refractivity contribution >= 4 is 17.2 Å². The number of benzene rings is 1. The Morgan fingerprint density at radius 3 is 2.75 bits per heavy atom. The van der Waals surface area contributed by atoms with Gasteiger partial charge < -0.3 is 10.6 Å². The van der Waals surface area contributed by atoms with Crippen molar-refractivity contribution in [3.8, 4) is 0 Å². The molecule has 16 heavy (non-hydrogen) atoms. The van der Waals surface area contributed by atoms with E-state index < -0.39 is 0 Å². The van der Waals surface area contributed by atoms with E-state index in [1.807, 2.05) is 23.6 Å². The molecular weight excluding hydrogens is 220 g/mol. The van der Waals surface area contributed by atoms with Crippen molar-refractivity contribution in [2.45, 2.75) is 6.54 Å². The number of aromatic nitrogens is 2. The summed E-state index contributed by atoms with van der Waals surface area (Å²) in [4.78, 5) is 0. The van der Waals surface area contributed by atoms with Crippen LogP contribution in [0.4, 0.5) is 5.69 Å². The van der Waals surface area contributed by atoms with Gasteiger partial charge in [0.15, 0.2) is 0 Å². The van der Waals surface area contributed by atoms with Crippen molar-refractivity contribution in [2.75, 3.05) is 18.4 Å². The second kappa shape index (κ2) is 6.19. The van der Waals surface area contributed by atoms with Gasteiger partial charge in [0.1, 0.15) is 0 Å². The smallest absolute Gasteiger partial charge is 0.0893 e. The summed E-state index contributed by atoms with van der Waals surface area (Å²) in [6, 6.07) is 10.2. The maximum absolute atomic E-state index is 3.96. The fourth-order valence-electron chi connectivity index (χ4n) is 1.33. The summed E-state index contributed by atoms with van der Waals surface area (Å²) in [6.45, 7) is 2.60. The molecule has 5 heteroatoms. The lowest BCUT2D eigenvalue weighted by Gasteiger charge is -2.06. The summed E-state index contributed by atoms with van der Waals surface area (Å²) in [5.41, 5.74) is 2.16. The largest absolute Gasteiger partial charge is 0.384 e. The van der Waals surface area contributed by atoms with Gasteiger partial charge in [0.2, 0.25) is 0 Å². The highest BCUT2D eigenvalue weighted by Gasteiger charge is 1.94. The molecule has 0 saturated heterocycles. The molecule has 0 bridgehead atoms. The minimum absolute atomic E-state index is 0.785. The van der Waals surface area contributed by atoms with Crippen molar-refractivity contribution < 1.29 is 0 Å². The van der Waals surface area contributed by atoms with Gasteiger partial charge >= 0.3 is 0 Å². The van der Waals surface area contributed by atoms with Gasteiger partial charge in [0.25, 0.3) is 0 Å². The molecule has 0 atom stereocenters. The molecule has 1 aromatic carbocycles. The molecule has 0 fully saturated rings. The summed E-state index contributed by atoms with van der Waals surface area (Å²) in [5, 5.41) is 12.5. The number of nitrogens with zero attached hydrogens (tertiary/aromatic N) is 2. The minimum atomic E-state index is 0.785. The molecule has 0 radical (unpaired) electrons. The average Bonchev–Trinajstić information content (AvgIpc) is 2.83. The Kier molecular flexibility index (Phi) is 4.27. The van der Waals surface area contributed by atoms with Gasteiger partial charge in [-0.3, -0.25) is 0 Å². The highest BCUT2D eigenvalue weighted by molar-refractivity contribution is 7.03. The van der Waals surface area contributed by atoms with E-state index >= 15 is 0 Å². The van der Waals surface area contributed by atoms with Crippen LogP contribution in [0.2, 0.25) is 0 Å². The van der Waals surface area contributed by atoms with Crippen LogP contribution in [-0.4, -0.2) is 22.7 Å². The number of hydrogen-bond donors (Lipinski definition) is 2. The maximum Gasteiger partial charge on any atom is 0.0893 e. The van der Waals surface area contributed by atoms with Crippen LogP contribution in [0.3, 0.4) is 0 Å². The van der Waals surface area contributed by atoms with Crippen LogP contribution in [0.15, 0.2) is 35.7 Å². The number of para-hydroxylation sites is 1. The molecule has 84 valence electrons. The average molecular weight is 234 g/mol. The van der Waals surface area contributed by atoms with Crippen LogP contribution in [0.1, 0.15) is 5.69 Å². The lowest BCUT2D eigenvalue weighted by Crippen LogP contribution is -2.21. The van der Waals surface area contributed by atoms with Gasteiger partial charge in [-0.1, -0.05) is 22.7 Å². The summed E-state index contributed by atoms with van der Waals surface area (Å²) in [6.07, 6.45) is 0. The Hall–Kier alpha value is -1.46. The minimum Gasteiger partial charge on any atom is -0.384 e. The lowest BCUT2D eigenvalue weighted by molar-refractivity contribution is 0.690. The quantitative estimate of drug-likeness (QED) is 0.748. The Bertz CT molecular complexity index is 388. The molecule has 1 aromatic heterocycles. The molecular formula is C11H14N4S. The van der Waals surface area contributed by atoms with E-state index in [4.69, 9.17) is 0 Å². The van der Waals surface area contributed by atoms with Crippen molar-refractivity contribution in [1.82, 2.24) is 14.9 Å². The highest BCUT2D eigenvalue weighted by Crippen LogP contribution is 2.03. The van der Waals surface area contributed by atoms with Crippen LogP contribution in [0, 0.1) is 0 Å². The molecule has 2 N–H and O–H groups in total. The number of hydrogen-bond acceptors (Lipinski definition) is 5. The summed E-state index contributed by atoms with van der Waals surface area (Å²) in [5.74, 6) is 0.